The van der Waals surface area contributed by atoms with Gasteiger partial charge in [-0.1, -0.05) is 29.8 Å². The highest BCUT2D eigenvalue weighted by molar-refractivity contribution is 7.98. The van der Waals surface area contributed by atoms with Crippen LogP contribution in [0, 0.1) is 0 Å². The van der Waals surface area contributed by atoms with E-state index in [9.17, 15) is 13.2 Å². The summed E-state index contributed by atoms with van der Waals surface area (Å²) in [4.78, 5) is 12.8. The van der Waals surface area contributed by atoms with Crippen LogP contribution in [-0.4, -0.2) is 64.3 Å². The van der Waals surface area contributed by atoms with Gasteiger partial charge in [-0.15, -0.1) is 0 Å². The van der Waals surface area contributed by atoms with Gasteiger partial charge in [-0.2, -0.15) is 16.1 Å². The lowest BCUT2D eigenvalue weighted by molar-refractivity contribution is 0.0730. The van der Waals surface area contributed by atoms with Gasteiger partial charge in [0.15, 0.2) is 0 Å². The van der Waals surface area contributed by atoms with Crippen molar-refractivity contribution in [1.29, 1.82) is 0 Å². The number of hydrogen-bond donors (Lipinski definition) is 1. The average molecular weight is 485 g/mol. The molecule has 1 saturated heterocycles. The number of amides is 1. The number of methoxy groups -OCH3 is 1. The summed E-state index contributed by atoms with van der Waals surface area (Å²) in [6, 6.07) is 12.0. The van der Waals surface area contributed by atoms with Crippen molar-refractivity contribution in [2.75, 3.05) is 45.7 Å². The predicted molar refractivity (Wildman–Crippen MR) is 123 cm³/mol. The maximum Gasteiger partial charge on any atom is 0.255 e. The Kier molecular flexibility index (Phi) is 8.62. The van der Waals surface area contributed by atoms with Gasteiger partial charge >= 0.3 is 0 Å². The molecule has 0 aliphatic carbocycles. The number of nitrogens with zero attached hydrogens (tertiary/aromatic N) is 1. The zero-order chi connectivity index (χ0) is 22.3. The average Bonchev–Trinajstić information content (AvgIpc) is 2.80. The standard InChI is InChI=1S/C21H25ClN2O5S2/c1-28-20-7-6-17(31(26,27)24-9-11-29-12-10-24)14-18(20)21(25)23-8-13-30-15-16-4-2-3-5-19(16)22/h2-7,14H,8-13,15H2,1H3,(H,23,25). The monoisotopic (exact) mass is 484 g/mol. The van der Waals surface area contributed by atoms with Crippen LogP contribution in [0.15, 0.2) is 47.4 Å². The number of hydrogen-bond acceptors (Lipinski definition) is 6. The first-order valence-electron chi connectivity index (χ1n) is 9.79. The highest BCUT2D eigenvalue weighted by atomic mass is 35.5. The predicted octanol–water partition coefficient (Wildman–Crippen LogP) is 3.03. The second-order valence-electron chi connectivity index (χ2n) is 6.78. The Morgan fingerprint density at radius 3 is 2.68 bits per heavy atom. The Labute approximate surface area is 192 Å². The van der Waals surface area contributed by atoms with Crippen LogP contribution in [0.1, 0.15) is 15.9 Å². The van der Waals surface area contributed by atoms with Gasteiger partial charge in [0, 0.05) is 36.2 Å². The molecule has 0 saturated carbocycles. The van der Waals surface area contributed by atoms with Crippen molar-refractivity contribution in [2.45, 2.75) is 10.6 Å². The molecule has 1 fully saturated rings. The van der Waals surface area contributed by atoms with E-state index in [-0.39, 0.29) is 16.4 Å². The summed E-state index contributed by atoms with van der Waals surface area (Å²) in [6.45, 7) is 1.72. The molecule has 10 heteroatoms. The molecule has 1 aliphatic rings. The fourth-order valence-corrected chi connectivity index (χ4v) is 5.67. The maximum absolute atomic E-state index is 12.9. The van der Waals surface area contributed by atoms with E-state index in [0.717, 1.165) is 16.3 Å². The first kappa shape index (κ1) is 23.9. The Hall–Kier alpha value is -1.78. The minimum atomic E-state index is -3.71. The molecule has 31 heavy (non-hydrogen) atoms. The topological polar surface area (TPSA) is 84.9 Å². The summed E-state index contributed by atoms with van der Waals surface area (Å²) >= 11 is 7.80. The lowest BCUT2D eigenvalue weighted by Crippen LogP contribution is -2.40. The minimum Gasteiger partial charge on any atom is -0.496 e. The van der Waals surface area contributed by atoms with Crippen LogP contribution in [0.2, 0.25) is 5.02 Å². The molecule has 2 aromatic rings. The SMILES string of the molecule is COc1ccc(S(=O)(=O)N2CCOCC2)cc1C(=O)NCCSCc1ccccc1Cl. The third kappa shape index (κ3) is 6.14. The summed E-state index contributed by atoms with van der Waals surface area (Å²) in [6.07, 6.45) is 0. The van der Waals surface area contributed by atoms with Crippen LogP contribution in [0.5, 0.6) is 5.75 Å². The van der Waals surface area contributed by atoms with Gasteiger partial charge in [0.25, 0.3) is 5.91 Å². The number of rotatable bonds is 9. The number of carbonyl (C=O) groups excluding carboxylic acids is 1. The van der Waals surface area contributed by atoms with Crippen LogP contribution >= 0.6 is 23.4 Å². The van der Waals surface area contributed by atoms with Crippen molar-refractivity contribution in [3.05, 3.63) is 58.6 Å². The van der Waals surface area contributed by atoms with Crippen LogP contribution in [0.4, 0.5) is 0 Å². The zero-order valence-corrected chi connectivity index (χ0v) is 19.6. The van der Waals surface area contributed by atoms with E-state index in [1.54, 1.807) is 11.8 Å². The zero-order valence-electron chi connectivity index (χ0n) is 17.2. The molecule has 7 nitrogen and oxygen atoms in total. The van der Waals surface area contributed by atoms with E-state index in [1.165, 1.54) is 29.6 Å². The summed E-state index contributed by atoms with van der Waals surface area (Å²) < 4.78 is 37.7. The van der Waals surface area contributed by atoms with E-state index in [4.69, 9.17) is 21.1 Å². The van der Waals surface area contributed by atoms with Gasteiger partial charge < -0.3 is 14.8 Å². The van der Waals surface area contributed by atoms with Gasteiger partial charge in [-0.05, 0) is 29.8 Å². The number of thioether (sulfide) groups is 1. The maximum atomic E-state index is 12.9. The van der Waals surface area contributed by atoms with Crippen LogP contribution in [-0.2, 0) is 20.5 Å². The molecule has 1 aliphatic heterocycles. The Morgan fingerprint density at radius 2 is 1.97 bits per heavy atom. The van der Waals surface area contributed by atoms with Gasteiger partial charge in [0.1, 0.15) is 5.75 Å². The van der Waals surface area contributed by atoms with E-state index < -0.39 is 10.0 Å². The van der Waals surface area contributed by atoms with E-state index >= 15 is 0 Å². The van der Waals surface area contributed by atoms with Gasteiger partial charge in [-0.25, -0.2) is 8.42 Å². The number of sulfonamides is 1. The third-order valence-electron chi connectivity index (χ3n) is 4.77. The Bertz CT molecular complexity index is 1010. The molecular formula is C21H25ClN2O5S2. The summed E-state index contributed by atoms with van der Waals surface area (Å²) in [5.41, 5.74) is 1.23. The molecular weight excluding hydrogens is 460 g/mol. The van der Waals surface area contributed by atoms with E-state index in [2.05, 4.69) is 5.32 Å². The molecule has 3 rings (SSSR count). The van der Waals surface area contributed by atoms with Crippen LogP contribution < -0.4 is 10.1 Å². The normalized spacial score (nSPS) is 14.9. The Morgan fingerprint density at radius 1 is 1.23 bits per heavy atom. The second kappa shape index (κ2) is 11.2. The number of nitrogens with one attached hydrogen (secondary N) is 1. The Balaban J connectivity index is 1.61. The molecule has 0 bridgehead atoms. The molecule has 0 unspecified atom stereocenters. The molecule has 168 valence electrons. The molecule has 1 amide bonds. The number of halogens is 1. The first-order valence-corrected chi connectivity index (χ1v) is 12.8. The molecule has 2 aromatic carbocycles. The van der Waals surface area contributed by atoms with E-state index in [1.807, 2.05) is 24.3 Å². The number of carbonyl (C=O) groups is 1. The quantitative estimate of drug-likeness (QED) is 0.551. The summed E-state index contributed by atoms with van der Waals surface area (Å²) in [5.74, 6) is 1.37. The summed E-state index contributed by atoms with van der Waals surface area (Å²) in [7, 11) is -2.26. The molecule has 0 spiro atoms. The van der Waals surface area contributed by atoms with Gasteiger partial charge in [0.05, 0.1) is 30.8 Å². The third-order valence-corrected chi connectivity index (χ3v) is 8.04. The highest BCUT2D eigenvalue weighted by Crippen LogP contribution is 2.25. The lowest BCUT2D eigenvalue weighted by Gasteiger charge is -2.26. The van der Waals surface area contributed by atoms with Gasteiger partial charge in [0.2, 0.25) is 10.0 Å². The minimum absolute atomic E-state index is 0.0634. The van der Waals surface area contributed by atoms with E-state index in [0.29, 0.717) is 44.4 Å². The fourth-order valence-electron chi connectivity index (χ4n) is 3.09. The first-order chi connectivity index (χ1) is 14.9. The molecule has 0 radical (unpaired) electrons. The smallest absolute Gasteiger partial charge is 0.255 e. The number of ether oxygens (including phenoxy) is 2. The fraction of sp³-hybridized carbons (Fsp3) is 0.381. The lowest BCUT2D eigenvalue weighted by atomic mass is 10.2. The van der Waals surface area contributed by atoms with Crippen molar-refractivity contribution in [3.63, 3.8) is 0 Å². The van der Waals surface area contributed by atoms with Crippen molar-refractivity contribution >= 4 is 39.3 Å². The number of morpholine rings is 1. The van der Waals surface area contributed by atoms with Crippen molar-refractivity contribution in [1.82, 2.24) is 9.62 Å². The van der Waals surface area contributed by atoms with Crippen LogP contribution in [0.25, 0.3) is 0 Å². The molecule has 1 N–H and O–H groups in total. The van der Waals surface area contributed by atoms with Crippen molar-refractivity contribution in [2.24, 2.45) is 0 Å². The largest absolute Gasteiger partial charge is 0.496 e. The highest BCUT2D eigenvalue weighted by Gasteiger charge is 2.28. The summed E-state index contributed by atoms with van der Waals surface area (Å²) in [5, 5.41) is 3.56. The molecule has 0 atom stereocenters. The number of benzene rings is 2. The van der Waals surface area contributed by atoms with Crippen molar-refractivity contribution < 1.29 is 22.7 Å². The molecule has 0 aromatic heterocycles. The molecule has 1 heterocycles. The second-order valence-corrected chi connectivity index (χ2v) is 10.2. The van der Waals surface area contributed by atoms with Gasteiger partial charge in [-0.3, -0.25) is 4.79 Å². The van der Waals surface area contributed by atoms with Crippen molar-refractivity contribution in [3.8, 4) is 5.75 Å². The van der Waals surface area contributed by atoms with Crippen LogP contribution in [0.3, 0.4) is 0 Å².